The van der Waals surface area contributed by atoms with Gasteiger partial charge in [-0.25, -0.2) is 0 Å². The summed E-state index contributed by atoms with van der Waals surface area (Å²) in [5.41, 5.74) is 0. The first-order chi connectivity index (χ1) is 6.43. The highest BCUT2D eigenvalue weighted by atomic mass is 15.2. The lowest BCUT2D eigenvalue weighted by atomic mass is 9.77. The summed E-state index contributed by atoms with van der Waals surface area (Å²) in [5, 5.41) is 3.59. The molecule has 0 aromatic rings. The second kappa shape index (κ2) is 3.25. The largest absolute Gasteiger partial charge is 0.316 e. The fourth-order valence-corrected chi connectivity index (χ4v) is 3.61. The van der Waals surface area contributed by atoms with E-state index in [1.54, 1.807) is 0 Å². The van der Waals surface area contributed by atoms with Gasteiger partial charge in [0, 0.05) is 12.6 Å². The average Bonchev–Trinajstić information content (AvgIpc) is 2.18. The predicted molar refractivity (Wildman–Crippen MR) is 53.7 cm³/mol. The van der Waals surface area contributed by atoms with E-state index < -0.39 is 0 Å². The van der Waals surface area contributed by atoms with Crippen LogP contribution >= 0.6 is 0 Å². The van der Waals surface area contributed by atoms with E-state index in [0.29, 0.717) is 0 Å². The molecule has 2 bridgehead atoms. The molecule has 0 aromatic carbocycles. The number of piperidine rings is 3. The average molecular weight is 180 g/mol. The Morgan fingerprint density at radius 1 is 1.15 bits per heavy atom. The molecule has 3 heterocycles. The Kier molecular flexibility index (Phi) is 2.06. The third kappa shape index (κ3) is 1.40. The minimum Gasteiger partial charge on any atom is -0.316 e. The van der Waals surface area contributed by atoms with Gasteiger partial charge in [-0.3, -0.25) is 4.90 Å². The van der Waals surface area contributed by atoms with E-state index >= 15 is 0 Å². The molecular weight excluding hydrogens is 160 g/mol. The van der Waals surface area contributed by atoms with Gasteiger partial charge in [0.05, 0.1) is 0 Å². The lowest BCUT2D eigenvalue weighted by Crippen LogP contribution is -2.58. The number of hydrogen-bond acceptors (Lipinski definition) is 2. The minimum atomic E-state index is 0.942. The maximum atomic E-state index is 3.59. The Hall–Kier alpha value is -0.0800. The van der Waals surface area contributed by atoms with Gasteiger partial charge in [0.1, 0.15) is 0 Å². The van der Waals surface area contributed by atoms with E-state index in [4.69, 9.17) is 0 Å². The monoisotopic (exact) mass is 180 g/mol. The zero-order valence-corrected chi connectivity index (χ0v) is 8.34. The zero-order chi connectivity index (χ0) is 8.67. The van der Waals surface area contributed by atoms with Gasteiger partial charge < -0.3 is 5.32 Å². The molecule has 0 amide bonds. The SMILES string of the molecule is C1CCN2CC3CNC[C@@H](C3)[C@@H]2C1. The summed E-state index contributed by atoms with van der Waals surface area (Å²) in [6, 6.07) is 0.942. The molecule has 2 heteroatoms. The topological polar surface area (TPSA) is 15.3 Å². The Morgan fingerprint density at radius 3 is 3.15 bits per heavy atom. The number of nitrogens with zero attached hydrogens (tertiary/aromatic N) is 1. The highest BCUT2D eigenvalue weighted by molar-refractivity contribution is 4.94. The van der Waals surface area contributed by atoms with Crippen LogP contribution in [0.4, 0.5) is 0 Å². The van der Waals surface area contributed by atoms with Gasteiger partial charge in [-0.05, 0) is 50.7 Å². The normalized spacial score (nSPS) is 45.7. The van der Waals surface area contributed by atoms with Crippen molar-refractivity contribution in [3.63, 3.8) is 0 Å². The molecule has 0 aliphatic carbocycles. The van der Waals surface area contributed by atoms with Gasteiger partial charge in [0.25, 0.3) is 0 Å². The first kappa shape index (κ1) is 8.25. The predicted octanol–water partition coefficient (Wildman–Crippen LogP) is 1.08. The summed E-state index contributed by atoms with van der Waals surface area (Å²) in [5.74, 6) is 1.95. The van der Waals surface area contributed by atoms with Crippen molar-refractivity contribution in [2.45, 2.75) is 31.7 Å². The summed E-state index contributed by atoms with van der Waals surface area (Å²) < 4.78 is 0. The molecule has 0 saturated carbocycles. The minimum absolute atomic E-state index is 0.942. The summed E-state index contributed by atoms with van der Waals surface area (Å²) >= 11 is 0. The van der Waals surface area contributed by atoms with Crippen molar-refractivity contribution < 1.29 is 0 Å². The summed E-state index contributed by atoms with van der Waals surface area (Å²) in [4.78, 5) is 2.78. The van der Waals surface area contributed by atoms with Crippen LogP contribution in [0.1, 0.15) is 25.7 Å². The molecule has 3 fully saturated rings. The number of nitrogens with one attached hydrogen (secondary N) is 1. The fourth-order valence-electron chi connectivity index (χ4n) is 3.61. The summed E-state index contributed by atoms with van der Waals surface area (Å²) in [6.45, 7) is 5.34. The van der Waals surface area contributed by atoms with E-state index in [1.807, 2.05) is 0 Å². The van der Waals surface area contributed by atoms with E-state index in [-0.39, 0.29) is 0 Å². The number of rotatable bonds is 0. The standard InChI is InChI=1S/C11H20N2/c1-2-4-13-8-9-5-10(7-12-6-9)11(13)3-1/h9-12H,1-8H2/t9?,10-,11+/m1/s1. The molecule has 0 aromatic heterocycles. The van der Waals surface area contributed by atoms with Crippen LogP contribution in [0.5, 0.6) is 0 Å². The highest BCUT2D eigenvalue weighted by Crippen LogP contribution is 2.34. The van der Waals surface area contributed by atoms with Crippen LogP contribution in [0.25, 0.3) is 0 Å². The van der Waals surface area contributed by atoms with Gasteiger partial charge in [-0.2, -0.15) is 0 Å². The number of hydrogen-bond donors (Lipinski definition) is 1. The lowest BCUT2D eigenvalue weighted by molar-refractivity contribution is 0.0109. The first-order valence-corrected chi connectivity index (χ1v) is 5.88. The molecule has 0 spiro atoms. The van der Waals surface area contributed by atoms with Crippen LogP contribution in [0.2, 0.25) is 0 Å². The quantitative estimate of drug-likeness (QED) is 0.600. The molecule has 3 aliphatic heterocycles. The van der Waals surface area contributed by atoms with Crippen LogP contribution in [0.3, 0.4) is 0 Å². The third-order valence-corrected chi connectivity index (χ3v) is 4.18. The maximum Gasteiger partial charge on any atom is 0.0136 e. The van der Waals surface area contributed by atoms with Crippen molar-refractivity contribution in [1.82, 2.24) is 10.2 Å². The van der Waals surface area contributed by atoms with Gasteiger partial charge in [0.15, 0.2) is 0 Å². The zero-order valence-electron chi connectivity index (χ0n) is 8.34. The smallest absolute Gasteiger partial charge is 0.0136 e. The molecule has 1 N–H and O–H groups in total. The van der Waals surface area contributed by atoms with Crippen molar-refractivity contribution in [3.8, 4) is 0 Å². The van der Waals surface area contributed by atoms with Gasteiger partial charge in [0.2, 0.25) is 0 Å². The van der Waals surface area contributed by atoms with Gasteiger partial charge >= 0.3 is 0 Å². The van der Waals surface area contributed by atoms with Crippen LogP contribution in [-0.2, 0) is 0 Å². The Labute approximate surface area is 80.7 Å². The van der Waals surface area contributed by atoms with Crippen molar-refractivity contribution in [3.05, 3.63) is 0 Å². The van der Waals surface area contributed by atoms with Crippen molar-refractivity contribution >= 4 is 0 Å². The molecule has 74 valence electrons. The summed E-state index contributed by atoms with van der Waals surface area (Å²) in [6.07, 6.45) is 5.90. The van der Waals surface area contributed by atoms with E-state index in [0.717, 1.165) is 17.9 Å². The van der Waals surface area contributed by atoms with Crippen LogP contribution < -0.4 is 5.32 Å². The summed E-state index contributed by atoms with van der Waals surface area (Å²) in [7, 11) is 0. The van der Waals surface area contributed by atoms with Crippen LogP contribution in [-0.4, -0.2) is 37.1 Å². The first-order valence-electron chi connectivity index (χ1n) is 5.88. The third-order valence-electron chi connectivity index (χ3n) is 4.18. The highest BCUT2D eigenvalue weighted by Gasteiger charge is 2.38. The molecule has 13 heavy (non-hydrogen) atoms. The van der Waals surface area contributed by atoms with Gasteiger partial charge in [-0.15, -0.1) is 0 Å². The van der Waals surface area contributed by atoms with E-state index in [2.05, 4.69) is 10.2 Å². The molecule has 0 radical (unpaired) electrons. The van der Waals surface area contributed by atoms with Crippen molar-refractivity contribution in [2.75, 3.05) is 26.2 Å². The maximum absolute atomic E-state index is 3.59. The lowest BCUT2D eigenvalue weighted by Gasteiger charge is -2.50. The Bertz CT molecular complexity index is 189. The van der Waals surface area contributed by atoms with E-state index in [9.17, 15) is 0 Å². The molecule has 3 saturated heterocycles. The molecule has 3 aliphatic rings. The Balaban J connectivity index is 1.77. The second-order valence-electron chi connectivity index (χ2n) is 5.08. The van der Waals surface area contributed by atoms with E-state index in [1.165, 1.54) is 51.9 Å². The Morgan fingerprint density at radius 2 is 2.15 bits per heavy atom. The second-order valence-corrected chi connectivity index (χ2v) is 5.08. The molecule has 2 nitrogen and oxygen atoms in total. The van der Waals surface area contributed by atoms with Crippen molar-refractivity contribution in [2.24, 2.45) is 11.8 Å². The molecule has 1 unspecified atom stereocenters. The van der Waals surface area contributed by atoms with Gasteiger partial charge in [-0.1, -0.05) is 6.42 Å². The molecular formula is C11H20N2. The van der Waals surface area contributed by atoms with Crippen LogP contribution in [0, 0.1) is 11.8 Å². The van der Waals surface area contributed by atoms with Crippen molar-refractivity contribution in [1.29, 1.82) is 0 Å². The van der Waals surface area contributed by atoms with Crippen LogP contribution in [0.15, 0.2) is 0 Å². The number of fused-ring (bicyclic) bond motifs is 4. The molecule has 3 atom stereocenters. The molecule has 3 rings (SSSR count). The fraction of sp³-hybridized carbons (Fsp3) is 1.00.